The third-order valence-electron chi connectivity index (χ3n) is 4.67. The number of nitrogens with zero attached hydrogens (tertiary/aromatic N) is 5. The first kappa shape index (κ1) is 17.1. The predicted octanol–water partition coefficient (Wildman–Crippen LogP) is 3.26. The minimum atomic E-state index is -0.357. The van der Waals surface area contributed by atoms with Crippen LogP contribution in [0.1, 0.15) is 25.3 Å². The van der Waals surface area contributed by atoms with Crippen LogP contribution in [0.5, 0.6) is 0 Å². The van der Waals surface area contributed by atoms with Crippen molar-refractivity contribution >= 4 is 17.3 Å². The molecule has 1 saturated heterocycles. The number of rotatable bonds is 5. The molecule has 0 aliphatic carbocycles. The zero-order chi connectivity index (χ0) is 17.8. The molecule has 7 nitrogen and oxygen atoms in total. The second-order valence-electron chi connectivity index (χ2n) is 6.64. The second kappa shape index (κ2) is 7.46. The summed E-state index contributed by atoms with van der Waals surface area (Å²) >= 11 is 0. The Morgan fingerprint density at radius 2 is 1.92 bits per heavy atom. The zero-order valence-corrected chi connectivity index (χ0v) is 14.6. The van der Waals surface area contributed by atoms with Gasteiger partial charge in [0.15, 0.2) is 0 Å². The fourth-order valence-electron chi connectivity index (χ4n) is 3.19. The van der Waals surface area contributed by atoms with Gasteiger partial charge >= 0.3 is 5.69 Å². The molecule has 0 unspecified atom stereocenters. The van der Waals surface area contributed by atoms with E-state index < -0.39 is 0 Å². The van der Waals surface area contributed by atoms with Gasteiger partial charge in [-0.1, -0.05) is 37.3 Å². The molecular formula is C18H23N5O2. The lowest BCUT2D eigenvalue weighted by atomic mass is 9.99. The molecule has 0 spiro atoms. The van der Waals surface area contributed by atoms with Crippen LogP contribution in [-0.4, -0.2) is 35.0 Å². The lowest BCUT2D eigenvalue weighted by molar-refractivity contribution is -0.383. The van der Waals surface area contributed by atoms with Crippen LogP contribution in [0, 0.1) is 16.0 Å². The van der Waals surface area contributed by atoms with E-state index in [0.717, 1.165) is 31.5 Å². The summed E-state index contributed by atoms with van der Waals surface area (Å²) in [5.74, 6) is 1.44. The van der Waals surface area contributed by atoms with Crippen molar-refractivity contribution in [3.05, 3.63) is 52.3 Å². The minimum absolute atomic E-state index is 0.00418. The molecule has 25 heavy (non-hydrogen) atoms. The summed E-state index contributed by atoms with van der Waals surface area (Å²) in [7, 11) is 1.82. The summed E-state index contributed by atoms with van der Waals surface area (Å²) in [5, 5.41) is 11.8. The van der Waals surface area contributed by atoms with Crippen molar-refractivity contribution in [2.24, 2.45) is 5.92 Å². The Morgan fingerprint density at radius 3 is 2.56 bits per heavy atom. The van der Waals surface area contributed by atoms with Crippen LogP contribution in [0.3, 0.4) is 0 Å². The first-order valence-electron chi connectivity index (χ1n) is 8.55. The average Bonchev–Trinajstić information content (AvgIpc) is 2.62. The van der Waals surface area contributed by atoms with Gasteiger partial charge in [0.25, 0.3) is 0 Å². The van der Waals surface area contributed by atoms with E-state index >= 15 is 0 Å². The van der Waals surface area contributed by atoms with Crippen LogP contribution < -0.4 is 9.80 Å². The molecule has 0 radical (unpaired) electrons. The van der Waals surface area contributed by atoms with Gasteiger partial charge in [0.2, 0.25) is 11.6 Å². The minimum Gasteiger partial charge on any atom is -0.351 e. The van der Waals surface area contributed by atoms with Gasteiger partial charge in [0.05, 0.1) is 4.92 Å². The van der Waals surface area contributed by atoms with Crippen molar-refractivity contribution < 1.29 is 4.92 Å². The molecule has 0 bridgehead atoms. The van der Waals surface area contributed by atoms with Crippen LogP contribution >= 0.6 is 0 Å². The van der Waals surface area contributed by atoms with Crippen molar-refractivity contribution in [3.63, 3.8) is 0 Å². The normalized spacial score (nSPS) is 15.2. The molecule has 1 aliphatic heterocycles. The van der Waals surface area contributed by atoms with Crippen LogP contribution in [-0.2, 0) is 6.54 Å². The van der Waals surface area contributed by atoms with Crippen molar-refractivity contribution in [2.75, 3.05) is 29.9 Å². The Labute approximate surface area is 147 Å². The molecule has 3 rings (SSSR count). The van der Waals surface area contributed by atoms with E-state index in [-0.39, 0.29) is 10.6 Å². The van der Waals surface area contributed by atoms with Gasteiger partial charge in [-0.05, 0) is 24.3 Å². The van der Waals surface area contributed by atoms with E-state index in [2.05, 4.69) is 16.9 Å². The number of hydrogen-bond acceptors (Lipinski definition) is 6. The Kier molecular flexibility index (Phi) is 5.11. The average molecular weight is 341 g/mol. The predicted molar refractivity (Wildman–Crippen MR) is 97.8 cm³/mol. The monoisotopic (exact) mass is 341 g/mol. The van der Waals surface area contributed by atoms with Crippen molar-refractivity contribution in [1.82, 2.24) is 9.97 Å². The van der Waals surface area contributed by atoms with Gasteiger partial charge in [0, 0.05) is 26.7 Å². The van der Waals surface area contributed by atoms with Gasteiger partial charge in [-0.3, -0.25) is 10.1 Å². The maximum Gasteiger partial charge on any atom is 0.353 e. The van der Waals surface area contributed by atoms with E-state index in [1.165, 1.54) is 6.33 Å². The molecule has 1 aromatic heterocycles. The first-order valence-corrected chi connectivity index (χ1v) is 8.55. The lowest BCUT2D eigenvalue weighted by Crippen LogP contribution is -2.34. The third-order valence-corrected chi connectivity index (χ3v) is 4.67. The zero-order valence-electron chi connectivity index (χ0n) is 14.6. The van der Waals surface area contributed by atoms with Gasteiger partial charge in [-0.25, -0.2) is 9.97 Å². The van der Waals surface area contributed by atoms with Gasteiger partial charge in [-0.2, -0.15) is 0 Å². The fraction of sp³-hybridized carbons (Fsp3) is 0.444. The standard InChI is InChI=1S/C18H23N5O2/c1-14-8-10-22(11-9-14)18-16(23(24)25)17(19-13-20-18)21(2)12-15-6-4-3-5-7-15/h3-7,13-14H,8-12H2,1-2H3. The summed E-state index contributed by atoms with van der Waals surface area (Å²) < 4.78 is 0. The highest BCUT2D eigenvalue weighted by molar-refractivity contribution is 5.71. The molecule has 7 heteroatoms. The summed E-state index contributed by atoms with van der Waals surface area (Å²) in [6.07, 6.45) is 3.48. The van der Waals surface area contributed by atoms with E-state index in [9.17, 15) is 10.1 Å². The molecular weight excluding hydrogens is 318 g/mol. The third kappa shape index (κ3) is 3.87. The lowest BCUT2D eigenvalue weighted by Gasteiger charge is -2.31. The van der Waals surface area contributed by atoms with Crippen LogP contribution in [0.15, 0.2) is 36.7 Å². The smallest absolute Gasteiger partial charge is 0.351 e. The highest BCUT2D eigenvalue weighted by atomic mass is 16.6. The molecule has 0 N–H and O–H groups in total. The van der Waals surface area contributed by atoms with Crippen LogP contribution in [0.25, 0.3) is 0 Å². The molecule has 1 fully saturated rings. The Bertz CT molecular complexity index is 730. The van der Waals surface area contributed by atoms with Crippen molar-refractivity contribution in [1.29, 1.82) is 0 Å². The van der Waals surface area contributed by atoms with Crippen LogP contribution in [0.4, 0.5) is 17.3 Å². The summed E-state index contributed by atoms with van der Waals surface area (Å²) in [6, 6.07) is 9.86. The number of piperidine rings is 1. The highest BCUT2D eigenvalue weighted by Gasteiger charge is 2.30. The molecule has 132 valence electrons. The van der Waals surface area contributed by atoms with E-state index in [1.54, 1.807) is 0 Å². The molecule has 0 atom stereocenters. The quantitative estimate of drug-likeness (QED) is 0.614. The van der Waals surface area contributed by atoms with E-state index in [4.69, 9.17) is 0 Å². The summed E-state index contributed by atoms with van der Waals surface area (Å²) in [4.78, 5) is 23.7. The summed E-state index contributed by atoms with van der Waals surface area (Å²) in [5.41, 5.74) is 1.07. The maximum atomic E-state index is 11.8. The Hall–Kier alpha value is -2.70. The molecule has 2 heterocycles. The number of benzene rings is 1. The molecule has 1 aliphatic rings. The van der Waals surface area contributed by atoms with Crippen molar-refractivity contribution in [3.8, 4) is 0 Å². The second-order valence-corrected chi connectivity index (χ2v) is 6.64. The van der Waals surface area contributed by atoms with E-state index in [0.29, 0.717) is 24.1 Å². The largest absolute Gasteiger partial charge is 0.353 e. The maximum absolute atomic E-state index is 11.8. The first-order chi connectivity index (χ1) is 12.1. The Morgan fingerprint density at radius 1 is 1.24 bits per heavy atom. The number of aromatic nitrogens is 2. The fourth-order valence-corrected chi connectivity index (χ4v) is 3.19. The Balaban J connectivity index is 1.91. The molecule has 0 amide bonds. The van der Waals surface area contributed by atoms with E-state index in [1.807, 2.05) is 47.2 Å². The van der Waals surface area contributed by atoms with Gasteiger partial charge in [0.1, 0.15) is 6.33 Å². The van der Waals surface area contributed by atoms with Gasteiger partial charge in [-0.15, -0.1) is 0 Å². The molecule has 1 aromatic carbocycles. The number of nitro groups is 1. The van der Waals surface area contributed by atoms with Crippen molar-refractivity contribution in [2.45, 2.75) is 26.3 Å². The number of hydrogen-bond donors (Lipinski definition) is 0. The SMILES string of the molecule is CC1CCN(c2ncnc(N(C)Cc3ccccc3)c2[N+](=O)[O-])CC1. The van der Waals surface area contributed by atoms with Gasteiger partial charge < -0.3 is 9.80 Å². The molecule has 0 saturated carbocycles. The molecule has 2 aromatic rings. The highest BCUT2D eigenvalue weighted by Crippen LogP contribution is 2.35. The topological polar surface area (TPSA) is 75.4 Å². The number of anilines is 2. The van der Waals surface area contributed by atoms with Crippen LogP contribution in [0.2, 0.25) is 0 Å². The summed E-state index contributed by atoms with van der Waals surface area (Å²) in [6.45, 7) is 4.35.